The SMILES string of the molecule is CC(=O)c1c[nH]c(C(F)(F)F)n1. The molecule has 0 saturated carbocycles. The molecule has 1 N–H and O–H groups in total. The molecular formula is C6H5F3N2O. The number of hydrogen-bond acceptors (Lipinski definition) is 2. The van der Waals surface area contributed by atoms with E-state index in [2.05, 4.69) is 4.98 Å². The summed E-state index contributed by atoms with van der Waals surface area (Å²) < 4.78 is 35.6. The van der Waals surface area contributed by atoms with Crippen LogP contribution in [-0.2, 0) is 6.18 Å². The monoisotopic (exact) mass is 178 g/mol. The topological polar surface area (TPSA) is 45.8 Å². The van der Waals surface area contributed by atoms with Gasteiger partial charge in [0.1, 0.15) is 5.69 Å². The molecule has 0 atom stereocenters. The smallest absolute Gasteiger partial charge is 0.340 e. The van der Waals surface area contributed by atoms with Crippen LogP contribution < -0.4 is 0 Å². The van der Waals surface area contributed by atoms with Crippen molar-refractivity contribution in [2.75, 3.05) is 0 Å². The summed E-state index contributed by atoms with van der Waals surface area (Å²) in [4.78, 5) is 15.5. The van der Waals surface area contributed by atoms with Crippen LogP contribution in [0.5, 0.6) is 0 Å². The summed E-state index contributed by atoms with van der Waals surface area (Å²) in [5.74, 6) is -1.64. The van der Waals surface area contributed by atoms with Crippen LogP contribution in [0.2, 0.25) is 0 Å². The molecule has 0 bridgehead atoms. The minimum absolute atomic E-state index is 0.206. The van der Waals surface area contributed by atoms with E-state index in [1.54, 1.807) is 0 Å². The van der Waals surface area contributed by atoms with Crippen molar-refractivity contribution in [1.82, 2.24) is 9.97 Å². The molecule has 6 heteroatoms. The summed E-state index contributed by atoms with van der Waals surface area (Å²) in [7, 11) is 0. The first kappa shape index (κ1) is 8.76. The van der Waals surface area contributed by atoms with E-state index in [0.29, 0.717) is 0 Å². The standard InChI is InChI=1S/C6H5F3N2O/c1-3(12)4-2-10-5(11-4)6(7,8)9/h2H,1H3,(H,10,11). The zero-order valence-corrected chi connectivity index (χ0v) is 6.07. The minimum atomic E-state index is -4.52. The van der Waals surface area contributed by atoms with Crippen molar-refractivity contribution in [2.24, 2.45) is 0 Å². The number of aromatic nitrogens is 2. The number of halogens is 3. The van der Waals surface area contributed by atoms with Gasteiger partial charge in [-0.3, -0.25) is 4.79 Å². The average molecular weight is 178 g/mol. The lowest BCUT2D eigenvalue weighted by molar-refractivity contribution is -0.144. The molecule has 1 aromatic heterocycles. The molecule has 0 aliphatic heterocycles. The lowest BCUT2D eigenvalue weighted by Crippen LogP contribution is -2.07. The summed E-state index contributed by atoms with van der Waals surface area (Å²) in [6.45, 7) is 1.15. The maximum Gasteiger partial charge on any atom is 0.449 e. The van der Waals surface area contributed by atoms with Crippen LogP contribution in [0.4, 0.5) is 13.2 Å². The first-order chi connectivity index (χ1) is 5.41. The van der Waals surface area contributed by atoms with Crippen molar-refractivity contribution < 1.29 is 18.0 Å². The molecule has 0 radical (unpaired) electrons. The van der Waals surface area contributed by atoms with E-state index in [1.807, 2.05) is 4.98 Å². The van der Waals surface area contributed by atoms with E-state index >= 15 is 0 Å². The normalized spacial score (nSPS) is 11.7. The third kappa shape index (κ3) is 1.63. The molecule has 0 amide bonds. The molecule has 0 aliphatic carbocycles. The number of nitrogens with zero attached hydrogens (tertiary/aromatic N) is 1. The van der Waals surface area contributed by atoms with Gasteiger partial charge in [-0.1, -0.05) is 0 Å². The summed E-state index contributed by atoms with van der Waals surface area (Å²) in [5.41, 5.74) is -0.206. The first-order valence-electron chi connectivity index (χ1n) is 3.05. The Morgan fingerprint density at radius 2 is 2.17 bits per heavy atom. The third-order valence-electron chi connectivity index (χ3n) is 1.21. The molecule has 0 saturated heterocycles. The van der Waals surface area contributed by atoms with Crippen molar-refractivity contribution in [3.8, 4) is 0 Å². The molecule has 0 aromatic carbocycles. The van der Waals surface area contributed by atoms with Crippen molar-refractivity contribution in [1.29, 1.82) is 0 Å². The van der Waals surface area contributed by atoms with E-state index in [0.717, 1.165) is 13.1 Å². The molecular weight excluding hydrogens is 173 g/mol. The van der Waals surface area contributed by atoms with Crippen LogP contribution in [0.15, 0.2) is 6.20 Å². The zero-order chi connectivity index (χ0) is 9.35. The maximum atomic E-state index is 11.9. The molecule has 0 spiro atoms. The second-order valence-corrected chi connectivity index (χ2v) is 2.19. The highest BCUT2D eigenvalue weighted by atomic mass is 19.4. The lowest BCUT2D eigenvalue weighted by Gasteiger charge is -1.99. The third-order valence-corrected chi connectivity index (χ3v) is 1.21. The molecule has 1 aromatic rings. The summed E-state index contributed by atoms with van der Waals surface area (Å²) in [6, 6.07) is 0. The van der Waals surface area contributed by atoms with Gasteiger partial charge in [-0.25, -0.2) is 4.98 Å². The van der Waals surface area contributed by atoms with Gasteiger partial charge in [0.2, 0.25) is 5.82 Å². The largest absolute Gasteiger partial charge is 0.449 e. The van der Waals surface area contributed by atoms with Crippen LogP contribution in [0.1, 0.15) is 23.2 Å². The number of imidazole rings is 1. The average Bonchev–Trinajstić information content (AvgIpc) is 2.30. The second-order valence-electron chi connectivity index (χ2n) is 2.19. The van der Waals surface area contributed by atoms with Gasteiger partial charge in [0, 0.05) is 13.1 Å². The molecule has 66 valence electrons. The van der Waals surface area contributed by atoms with Gasteiger partial charge in [0.15, 0.2) is 5.78 Å². The summed E-state index contributed by atoms with van der Waals surface area (Å²) in [5, 5.41) is 0. The van der Waals surface area contributed by atoms with Crippen LogP contribution in [0.3, 0.4) is 0 Å². The van der Waals surface area contributed by atoms with Gasteiger partial charge in [-0.2, -0.15) is 13.2 Å². The van der Waals surface area contributed by atoms with Crippen molar-refractivity contribution in [3.05, 3.63) is 17.7 Å². The molecule has 0 fully saturated rings. The van der Waals surface area contributed by atoms with Gasteiger partial charge >= 0.3 is 6.18 Å². The van der Waals surface area contributed by atoms with Crippen molar-refractivity contribution >= 4 is 5.78 Å². The highest BCUT2D eigenvalue weighted by Crippen LogP contribution is 2.26. The van der Waals surface area contributed by atoms with Crippen LogP contribution in [0, 0.1) is 0 Å². The van der Waals surface area contributed by atoms with Gasteiger partial charge in [0.05, 0.1) is 0 Å². The first-order valence-corrected chi connectivity index (χ1v) is 3.05. The Kier molecular flexibility index (Phi) is 1.91. The fourth-order valence-electron chi connectivity index (χ4n) is 0.647. The van der Waals surface area contributed by atoms with E-state index in [9.17, 15) is 18.0 Å². The van der Waals surface area contributed by atoms with E-state index in [-0.39, 0.29) is 5.69 Å². The number of alkyl halides is 3. The number of Topliss-reactive ketones (excluding diaryl/α,β-unsaturated/α-hetero) is 1. The summed E-state index contributed by atoms with van der Waals surface area (Å²) >= 11 is 0. The predicted octanol–water partition coefficient (Wildman–Crippen LogP) is 1.63. The Labute approximate surface area is 65.6 Å². The van der Waals surface area contributed by atoms with Crippen LogP contribution in [0.25, 0.3) is 0 Å². The number of aromatic amines is 1. The van der Waals surface area contributed by atoms with Gasteiger partial charge < -0.3 is 4.98 Å². The molecule has 12 heavy (non-hydrogen) atoms. The second kappa shape index (κ2) is 2.62. The highest BCUT2D eigenvalue weighted by Gasteiger charge is 2.34. The molecule has 0 unspecified atom stereocenters. The zero-order valence-electron chi connectivity index (χ0n) is 6.07. The quantitative estimate of drug-likeness (QED) is 0.664. The van der Waals surface area contributed by atoms with Crippen molar-refractivity contribution in [3.63, 3.8) is 0 Å². The van der Waals surface area contributed by atoms with Crippen LogP contribution >= 0.6 is 0 Å². The van der Waals surface area contributed by atoms with E-state index in [1.165, 1.54) is 0 Å². The lowest BCUT2D eigenvalue weighted by atomic mass is 10.3. The number of rotatable bonds is 1. The maximum absolute atomic E-state index is 11.9. The van der Waals surface area contributed by atoms with Gasteiger partial charge in [-0.05, 0) is 0 Å². The number of H-pyrrole nitrogens is 1. The van der Waals surface area contributed by atoms with Gasteiger partial charge in [0.25, 0.3) is 0 Å². The number of nitrogens with one attached hydrogen (secondary N) is 1. The Hall–Kier alpha value is -1.33. The van der Waals surface area contributed by atoms with Crippen molar-refractivity contribution in [2.45, 2.75) is 13.1 Å². The highest BCUT2D eigenvalue weighted by molar-refractivity contribution is 5.91. The van der Waals surface area contributed by atoms with Crippen LogP contribution in [-0.4, -0.2) is 15.8 Å². The number of hydrogen-bond donors (Lipinski definition) is 1. The van der Waals surface area contributed by atoms with Gasteiger partial charge in [-0.15, -0.1) is 0 Å². The summed E-state index contributed by atoms with van der Waals surface area (Å²) in [6.07, 6.45) is -3.58. The molecule has 1 heterocycles. The fourth-order valence-corrected chi connectivity index (χ4v) is 0.647. The van der Waals surface area contributed by atoms with E-state index in [4.69, 9.17) is 0 Å². The Balaban J connectivity index is 3.00. The molecule has 0 aliphatic rings. The Morgan fingerprint density at radius 3 is 2.42 bits per heavy atom. The Morgan fingerprint density at radius 1 is 1.58 bits per heavy atom. The Bertz CT molecular complexity index is 302. The van der Waals surface area contributed by atoms with E-state index < -0.39 is 17.8 Å². The minimum Gasteiger partial charge on any atom is -0.340 e. The fraction of sp³-hybridized carbons (Fsp3) is 0.333. The predicted molar refractivity (Wildman–Crippen MR) is 33.6 cm³/mol. The number of carbonyl (C=O) groups is 1. The molecule has 3 nitrogen and oxygen atoms in total. The molecule has 1 rings (SSSR count). The number of carbonyl (C=O) groups excluding carboxylic acids is 1. The number of ketones is 1.